The highest BCUT2D eigenvalue weighted by molar-refractivity contribution is 7.99. The fourth-order valence-electron chi connectivity index (χ4n) is 8.94. The third kappa shape index (κ3) is 10.4. The fraction of sp³-hybridized carbons (Fsp3) is 0.314. The standard InChI is InChI=1S/C51H57FN6O4S2/c1-36-33-46(23-24-47(36)53-42(25-28-56-26-8-5-9-27-56)35-63-45-13-6-4-7-14-45)64(61,62)54-41-19-21-43(22-20-41)57-29-31-58(32-30-57)44-12-10-11-39(34-44)49-48(51(59)60)37(2)55(3)50(49)38-15-17-40(52)18-16-38/h4,6-7,10-24,33-34,42,53-54H,5,8-9,25-32,35H2,1-3H3,(H,59,60)/t42-/m1/s1. The van der Waals surface area contributed by atoms with E-state index in [1.807, 2.05) is 91.0 Å². The summed E-state index contributed by atoms with van der Waals surface area (Å²) in [7, 11) is -2.00. The number of likely N-dealkylation sites (tertiary alicyclic amines) is 1. The Bertz CT molecular complexity index is 2660. The minimum atomic E-state index is -3.84. The van der Waals surface area contributed by atoms with Crippen molar-refractivity contribution < 1.29 is 22.7 Å². The van der Waals surface area contributed by atoms with Crippen molar-refractivity contribution in [1.82, 2.24) is 9.47 Å². The van der Waals surface area contributed by atoms with E-state index in [1.165, 1.54) is 36.3 Å². The average molecular weight is 901 g/mol. The molecule has 2 aliphatic heterocycles. The number of piperidine rings is 1. The molecule has 3 heterocycles. The van der Waals surface area contributed by atoms with Gasteiger partial charge in [-0.15, -0.1) is 11.8 Å². The number of anilines is 4. The zero-order valence-electron chi connectivity index (χ0n) is 36.8. The zero-order valence-corrected chi connectivity index (χ0v) is 38.4. The lowest BCUT2D eigenvalue weighted by Gasteiger charge is -2.37. The average Bonchev–Trinajstić information content (AvgIpc) is 3.58. The van der Waals surface area contributed by atoms with Gasteiger partial charge in [0.2, 0.25) is 0 Å². The molecule has 0 saturated carbocycles. The number of thioether (sulfide) groups is 1. The van der Waals surface area contributed by atoms with Gasteiger partial charge in [-0.05, 0) is 154 Å². The number of halogens is 1. The monoisotopic (exact) mass is 900 g/mol. The first kappa shape index (κ1) is 44.8. The normalized spacial score (nSPS) is 15.2. The minimum absolute atomic E-state index is 0.219. The molecule has 2 aliphatic rings. The van der Waals surface area contributed by atoms with E-state index in [4.69, 9.17) is 0 Å². The molecule has 3 N–H and O–H groups in total. The molecule has 10 nitrogen and oxygen atoms in total. The summed E-state index contributed by atoms with van der Waals surface area (Å²) < 4.78 is 45.9. The first-order chi connectivity index (χ1) is 30.9. The summed E-state index contributed by atoms with van der Waals surface area (Å²) in [4.78, 5) is 21.2. The molecule has 0 bridgehead atoms. The number of carbonyl (C=O) groups is 1. The number of carboxylic acids is 1. The summed E-state index contributed by atoms with van der Waals surface area (Å²) in [5.74, 6) is -0.456. The summed E-state index contributed by atoms with van der Waals surface area (Å²) in [5, 5.41) is 14.1. The van der Waals surface area contributed by atoms with Crippen LogP contribution >= 0.6 is 11.8 Å². The Morgan fingerprint density at radius 1 is 0.766 bits per heavy atom. The Morgan fingerprint density at radius 2 is 1.45 bits per heavy atom. The predicted octanol–water partition coefficient (Wildman–Crippen LogP) is 10.4. The number of sulfonamides is 1. The van der Waals surface area contributed by atoms with Crippen molar-refractivity contribution in [3.05, 3.63) is 144 Å². The van der Waals surface area contributed by atoms with Crippen LogP contribution in [0.5, 0.6) is 0 Å². The molecule has 1 aromatic heterocycles. The smallest absolute Gasteiger partial charge is 0.338 e. The number of rotatable bonds is 16. The van der Waals surface area contributed by atoms with Gasteiger partial charge >= 0.3 is 5.97 Å². The Kier molecular flexibility index (Phi) is 14.0. The second-order valence-corrected chi connectivity index (χ2v) is 19.6. The van der Waals surface area contributed by atoms with Crippen molar-refractivity contribution in [2.24, 2.45) is 7.05 Å². The number of nitrogens with one attached hydrogen (secondary N) is 2. The van der Waals surface area contributed by atoms with Gasteiger partial charge in [-0.3, -0.25) is 4.72 Å². The Hall–Kier alpha value is -5.76. The van der Waals surface area contributed by atoms with Gasteiger partial charge in [0.1, 0.15) is 5.82 Å². The van der Waals surface area contributed by atoms with Crippen molar-refractivity contribution in [2.45, 2.75) is 55.4 Å². The second kappa shape index (κ2) is 20.0. The number of piperazine rings is 1. The maximum absolute atomic E-state index is 13.9. The quantitative estimate of drug-likeness (QED) is 0.0818. The Balaban J connectivity index is 0.896. The Labute approximate surface area is 381 Å². The molecule has 8 rings (SSSR count). The SMILES string of the molecule is Cc1cc(S(=O)(=O)Nc2ccc(N3CCN(c4cccc(-c5c(C(=O)O)c(C)n(C)c5-c5ccc(F)cc5)c4)CC3)cc2)ccc1N[C@H](CCN1CCCCC1)CSc1ccccc1. The number of nitrogens with zero attached hydrogens (tertiary/aromatic N) is 4. The van der Waals surface area contributed by atoms with Crippen LogP contribution in [0.3, 0.4) is 0 Å². The second-order valence-electron chi connectivity index (χ2n) is 16.9. The number of benzene rings is 5. The summed E-state index contributed by atoms with van der Waals surface area (Å²) in [6.07, 6.45) is 4.85. The summed E-state index contributed by atoms with van der Waals surface area (Å²) in [5.41, 5.74) is 8.00. The van der Waals surface area contributed by atoms with E-state index in [0.29, 0.717) is 16.9 Å². The molecule has 5 aromatic carbocycles. The van der Waals surface area contributed by atoms with Crippen LogP contribution in [0, 0.1) is 19.7 Å². The van der Waals surface area contributed by atoms with Crippen molar-refractivity contribution in [2.75, 3.05) is 71.4 Å². The van der Waals surface area contributed by atoms with Gasteiger partial charge in [-0.1, -0.05) is 36.8 Å². The van der Waals surface area contributed by atoms with Gasteiger partial charge in [0.05, 0.1) is 16.2 Å². The van der Waals surface area contributed by atoms with Crippen molar-refractivity contribution in [3.8, 4) is 22.4 Å². The fourth-order valence-corrected chi connectivity index (χ4v) is 11.1. The van der Waals surface area contributed by atoms with Gasteiger partial charge in [-0.2, -0.15) is 0 Å². The number of aromatic nitrogens is 1. The first-order valence-electron chi connectivity index (χ1n) is 22.1. The molecule has 0 unspecified atom stereocenters. The number of aromatic carboxylic acids is 1. The van der Waals surface area contributed by atoms with E-state index in [1.54, 1.807) is 31.2 Å². The van der Waals surface area contributed by atoms with E-state index in [9.17, 15) is 22.7 Å². The maximum Gasteiger partial charge on any atom is 0.338 e. The van der Waals surface area contributed by atoms with Gasteiger partial charge in [-0.25, -0.2) is 17.6 Å². The molecule has 334 valence electrons. The van der Waals surface area contributed by atoms with Crippen LogP contribution in [0.2, 0.25) is 0 Å². The van der Waals surface area contributed by atoms with Crippen molar-refractivity contribution >= 4 is 50.5 Å². The van der Waals surface area contributed by atoms with Crippen LogP contribution in [-0.4, -0.2) is 86.6 Å². The van der Waals surface area contributed by atoms with Crippen LogP contribution in [0.15, 0.2) is 131 Å². The highest BCUT2D eigenvalue weighted by atomic mass is 32.2. The van der Waals surface area contributed by atoms with Crippen LogP contribution in [0.25, 0.3) is 22.4 Å². The topological polar surface area (TPSA) is 110 Å². The molecule has 0 radical (unpaired) electrons. The van der Waals surface area contributed by atoms with E-state index in [-0.39, 0.29) is 22.3 Å². The maximum atomic E-state index is 13.9. The van der Waals surface area contributed by atoms with E-state index >= 15 is 0 Å². The highest BCUT2D eigenvalue weighted by Crippen LogP contribution is 2.40. The van der Waals surface area contributed by atoms with Gasteiger partial charge < -0.3 is 29.7 Å². The van der Waals surface area contributed by atoms with Crippen LogP contribution < -0.4 is 19.8 Å². The van der Waals surface area contributed by atoms with Crippen LogP contribution in [0.1, 0.15) is 47.3 Å². The predicted molar refractivity (Wildman–Crippen MR) is 260 cm³/mol. The Morgan fingerprint density at radius 3 is 2.12 bits per heavy atom. The minimum Gasteiger partial charge on any atom is -0.478 e. The molecular formula is C51H57FN6O4S2. The highest BCUT2D eigenvalue weighted by Gasteiger charge is 2.27. The van der Waals surface area contributed by atoms with Gasteiger partial charge in [0.25, 0.3) is 10.0 Å². The first-order valence-corrected chi connectivity index (χ1v) is 24.6. The lowest BCUT2D eigenvalue weighted by molar-refractivity contribution is 0.0696. The third-order valence-corrected chi connectivity index (χ3v) is 15.1. The molecule has 64 heavy (non-hydrogen) atoms. The molecule has 13 heteroatoms. The molecule has 2 saturated heterocycles. The molecule has 2 fully saturated rings. The number of aryl methyl sites for hydroxylation is 1. The molecule has 0 spiro atoms. The number of hydrogen-bond donors (Lipinski definition) is 3. The molecule has 0 aliphatic carbocycles. The molecular weight excluding hydrogens is 844 g/mol. The van der Waals surface area contributed by atoms with E-state index < -0.39 is 16.0 Å². The largest absolute Gasteiger partial charge is 0.478 e. The summed E-state index contributed by atoms with van der Waals surface area (Å²) >= 11 is 1.84. The number of carboxylic acid groups (broad SMARTS) is 1. The molecule has 6 aromatic rings. The van der Waals surface area contributed by atoms with Crippen LogP contribution in [-0.2, 0) is 17.1 Å². The van der Waals surface area contributed by atoms with Crippen molar-refractivity contribution in [3.63, 3.8) is 0 Å². The van der Waals surface area contributed by atoms with Crippen LogP contribution in [0.4, 0.5) is 27.1 Å². The summed E-state index contributed by atoms with van der Waals surface area (Å²) in [6, 6.07) is 37.6. The third-order valence-electron chi connectivity index (χ3n) is 12.6. The van der Waals surface area contributed by atoms with Gasteiger partial charge in [0.15, 0.2) is 0 Å². The van der Waals surface area contributed by atoms with Crippen molar-refractivity contribution in [1.29, 1.82) is 0 Å². The lowest BCUT2D eigenvalue weighted by Crippen LogP contribution is -2.46. The van der Waals surface area contributed by atoms with E-state index in [2.05, 4.69) is 49.0 Å². The van der Waals surface area contributed by atoms with E-state index in [0.717, 1.165) is 97.4 Å². The number of hydrogen-bond acceptors (Lipinski definition) is 8. The molecule has 0 amide bonds. The lowest BCUT2D eigenvalue weighted by atomic mass is 9.96. The molecule has 1 atom stereocenters. The van der Waals surface area contributed by atoms with Gasteiger partial charge in [0, 0.05) is 90.5 Å². The zero-order chi connectivity index (χ0) is 44.8. The summed E-state index contributed by atoms with van der Waals surface area (Å²) in [6.45, 7) is 10.1.